The fourth-order valence-electron chi connectivity index (χ4n) is 1.99. The van der Waals surface area contributed by atoms with E-state index in [2.05, 4.69) is 4.98 Å². The Kier molecular flexibility index (Phi) is 3.98. The summed E-state index contributed by atoms with van der Waals surface area (Å²) in [5.74, 6) is 0.698. The van der Waals surface area contributed by atoms with Crippen molar-refractivity contribution in [1.82, 2.24) is 4.98 Å². The van der Waals surface area contributed by atoms with E-state index in [1.54, 1.807) is 32.9 Å². The Bertz CT molecular complexity index is 726. The van der Waals surface area contributed by atoms with Crippen molar-refractivity contribution in [3.63, 3.8) is 0 Å². The third-order valence-electron chi connectivity index (χ3n) is 3.08. The zero-order valence-electron chi connectivity index (χ0n) is 11.9. The first kappa shape index (κ1) is 14.6. The largest absolute Gasteiger partial charge is 0.438 e. The molecule has 0 saturated heterocycles. The Morgan fingerprint density at radius 2 is 1.86 bits per heavy atom. The van der Waals surface area contributed by atoms with E-state index < -0.39 is 4.92 Å². The molecule has 0 saturated carbocycles. The number of aldehydes is 1. The number of nitro groups is 1. The van der Waals surface area contributed by atoms with Gasteiger partial charge in [-0.05, 0) is 38.5 Å². The minimum Gasteiger partial charge on any atom is -0.438 e. The lowest BCUT2D eigenvalue weighted by Gasteiger charge is -2.11. The molecule has 0 atom stereocenters. The highest BCUT2D eigenvalue weighted by molar-refractivity contribution is 5.74. The topological polar surface area (TPSA) is 82.3 Å². The molecule has 6 nitrogen and oxygen atoms in total. The van der Waals surface area contributed by atoms with E-state index in [0.717, 1.165) is 5.56 Å². The van der Waals surface area contributed by atoms with Crippen molar-refractivity contribution in [2.24, 2.45) is 0 Å². The van der Waals surface area contributed by atoms with Crippen molar-refractivity contribution in [3.8, 4) is 11.6 Å². The maximum absolute atomic E-state index is 11.0. The molecule has 1 aromatic carbocycles. The van der Waals surface area contributed by atoms with Crippen molar-refractivity contribution in [2.75, 3.05) is 0 Å². The highest BCUT2D eigenvalue weighted by Gasteiger charge is 2.16. The third kappa shape index (κ3) is 3.05. The van der Waals surface area contributed by atoms with Crippen molar-refractivity contribution in [2.45, 2.75) is 20.8 Å². The number of pyridine rings is 1. The van der Waals surface area contributed by atoms with E-state index in [1.165, 1.54) is 12.3 Å². The van der Waals surface area contributed by atoms with Gasteiger partial charge in [-0.1, -0.05) is 0 Å². The maximum Gasteiger partial charge on any atom is 0.276 e. The summed E-state index contributed by atoms with van der Waals surface area (Å²) < 4.78 is 5.65. The summed E-state index contributed by atoms with van der Waals surface area (Å²) in [6.07, 6.45) is 2.10. The van der Waals surface area contributed by atoms with Gasteiger partial charge >= 0.3 is 0 Å². The van der Waals surface area contributed by atoms with Crippen LogP contribution < -0.4 is 4.74 Å². The first-order chi connectivity index (χ1) is 9.92. The average Bonchev–Trinajstić information content (AvgIpc) is 2.43. The van der Waals surface area contributed by atoms with Crippen LogP contribution in [0.4, 0.5) is 5.69 Å². The molecule has 1 aromatic heterocycles. The van der Waals surface area contributed by atoms with Crippen LogP contribution in [0.3, 0.4) is 0 Å². The van der Waals surface area contributed by atoms with Crippen LogP contribution in [0.15, 0.2) is 24.4 Å². The van der Waals surface area contributed by atoms with E-state index in [1.807, 2.05) is 0 Å². The zero-order valence-corrected chi connectivity index (χ0v) is 11.9. The van der Waals surface area contributed by atoms with Crippen LogP contribution >= 0.6 is 0 Å². The lowest BCUT2D eigenvalue weighted by atomic mass is 10.1. The summed E-state index contributed by atoms with van der Waals surface area (Å²) >= 11 is 0. The molecule has 0 radical (unpaired) electrons. The molecule has 21 heavy (non-hydrogen) atoms. The monoisotopic (exact) mass is 286 g/mol. The molecule has 0 amide bonds. The number of nitrogens with zero attached hydrogens (tertiary/aromatic N) is 2. The molecule has 2 aromatic rings. The lowest BCUT2D eigenvalue weighted by molar-refractivity contribution is -0.385. The SMILES string of the molecule is Cc1cc(C)c([N+](=O)[O-])cc1Oc1ncc(C=O)cc1C. The van der Waals surface area contributed by atoms with Crippen molar-refractivity contribution < 1.29 is 14.5 Å². The van der Waals surface area contributed by atoms with Crippen molar-refractivity contribution in [3.05, 3.63) is 56.8 Å². The minimum absolute atomic E-state index is 0.00207. The van der Waals surface area contributed by atoms with Crippen LogP contribution in [0.5, 0.6) is 11.6 Å². The molecule has 2 rings (SSSR count). The standard InChI is InChI=1S/C15H14N2O4/c1-9-4-10(2)14(6-13(9)17(19)20)21-15-11(3)5-12(8-18)7-16-15/h4-8H,1-3H3. The normalized spacial score (nSPS) is 10.2. The number of carbonyl (C=O) groups is 1. The van der Waals surface area contributed by atoms with Gasteiger partial charge in [0.05, 0.1) is 11.0 Å². The van der Waals surface area contributed by atoms with Crippen LogP contribution in [0, 0.1) is 30.9 Å². The molecule has 0 unspecified atom stereocenters. The zero-order chi connectivity index (χ0) is 15.6. The van der Waals surface area contributed by atoms with Gasteiger partial charge in [-0.25, -0.2) is 4.98 Å². The van der Waals surface area contributed by atoms with Gasteiger partial charge in [0, 0.05) is 22.9 Å². The Hall–Kier alpha value is -2.76. The fourth-order valence-corrected chi connectivity index (χ4v) is 1.99. The predicted molar refractivity (Wildman–Crippen MR) is 77.0 cm³/mol. The van der Waals surface area contributed by atoms with E-state index in [0.29, 0.717) is 34.6 Å². The van der Waals surface area contributed by atoms with E-state index in [9.17, 15) is 14.9 Å². The highest BCUT2D eigenvalue weighted by atomic mass is 16.6. The van der Waals surface area contributed by atoms with E-state index in [-0.39, 0.29) is 5.69 Å². The highest BCUT2D eigenvalue weighted by Crippen LogP contribution is 2.31. The van der Waals surface area contributed by atoms with Gasteiger partial charge < -0.3 is 4.74 Å². The molecule has 6 heteroatoms. The molecule has 0 aliphatic carbocycles. The number of hydrogen-bond donors (Lipinski definition) is 0. The summed E-state index contributed by atoms with van der Waals surface area (Å²) in [4.78, 5) is 25.3. The Labute approximate surface area is 121 Å². The summed E-state index contributed by atoms with van der Waals surface area (Å²) in [5.41, 5.74) is 2.48. The fraction of sp³-hybridized carbons (Fsp3) is 0.200. The van der Waals surface area contributed by atoms with Crippen LogP contribution in [0.2, 0.25) is 0 Å². The Morgan fingerprint density at radius 3 is 2.43 bits per heavy atom. The molecule has 0 aliphatic heterocycles. The second kappa shape index (κ2) is 5.70. The Morgan fingerprint density at radius 1 is 1.14 bits per heavy atom. The summed E-state index contributed by atoms with van der Waals surface area (Å²) in [5, 5.41) is 11.0. The molecule has 0 spiro atoms. The van der Waals surface area contributed by atoms with E-state index >= 15 is 0 Å². The third-order valence-corrected chi connectivity index (χ3v) is 3.08. The summed E-state index contributed by atoms with van der Waals surface area (Å²) in [6.45, 7) is 5.24. The molecular formula is C15H14N2O4. The number of benzene rings is 1. The smallest absolute Gasteiger partial charge is 0.276 e. The van der Waals surface area contributed by atoms with Crippen molar-refractivity contribution >= 4 is 12.0 Å². The van der Waals surface area contributed by atoms with E-state index in [4.69, 9.17) is 4.74 Å². The van der Waals surface area contributed by atoms with Gasteiger partial charge in [-0.3, -0.25) is 14.9 Å². The predicted octanol–water partition coefficient (Wildman–Crippen LogP) is 3.52. The number of aryl methyl sites for hydroxylation is 3. The minimum atomic E-state index is -0.447. The van der Waals surface area contributed by atoms with Gasteiger partial charge in [0.25, 0.3) is 5.69 Å². The summed E-state index contributed by atoms with van der Waals surface area (Å²) in [7, 11) is 0. The van der Waals surface area contributed by atoms with Crippen LogP contribution in [0.25, 0.3) is 0 Å². The van der Waals surface area contributed by atoms with Crippen LogP contribution in [-0.4, -0.2) is 16.2 Å². The number of nitro benzene ring substituents is 1. The molecule has 0 N–H and O–H groups in total. The quantitative estimate of drug-likeness (QED) is 0.488. The molecular weight excluding hydrogens is 272 g/mol. The van der Waals surface area contributed by atoms with Crippen LogP contribution in [-0.2, 0) is 0 Å². The first-order valence-corrected chi connectivity index (χ1v) is 6.27. The van der Waals surface area contributed by atoms with Gasteiger partial charge in [0.15, 0.2) is 6.29 Å². The Balaban J connectivity index is 2.42. The maximum atomic E-state index is 11.0. The number of aromatic nitrogens is 1. The molecule has 1 heterocycles. The molecule has 0 aliphatic rings. The number of ether oxygens (including phenoxy) is 1. The molecule has 0 fully saturated rings. The molecule has 108 valence electrons. The lowest BCUT2D eigenvalue weighted by Crippen LogP contribution is -1.98. The summed E-state index contributed by atoms with van der Waals surface area (Å²) in [6, 6.07) is 4.73. The van der Waals surface area contributed by atoms with Gasteiger partial charge in [-0.2, -0.15) is 0 Å². The van der Waals surface area contributed by atoms with Crippen molar-refractivity contribution in [1.29, 1.82) is 0 Å². The number of carbonyl (C=O) groups excluding carboxylic acids is 1. The van der Waals surface area contributed by atoms with Gasteiger partial charge in [0.1, 0.15) is 5.75 Å². The number of hydrogen-bond acceptors (Lipinski definition) is 5. The van der Waals surface area contributed by atoms with Crippen LogP contribution in [0.1, 0.15) is 27.0 Å². The second-order valence-corrected chi connectivity index (χ2v) is 4.77. The van der Waals surface area contributed by atoms with Gasteiger partial charge in [0.2, 0.25) is 5.88 Å². The molecule has 0 bridgehead atoms. The average molecular weight is 286 g/mol. The van der Waals surface area contributed by atoms with Gasteiger partial charge in [-0.15, -0.1) is 0 Å². The first-order valence-electron chi connectivity index (χ1n) is 6.27. The number of rotatable bonds is 4. The second-order valence-electron chi connectivity index (χ2n) is 4.77.